The van der Waals surface area contributed by atoms with E-state index in [2.05, 4.69) is 56.5 Å². The normalized spacial score (nSPS) is 14.2. The Hall–Kier alpha value is -4.10. The monoisotopic (exact) mass is 520 g/mol. The van der Waals surface area contributed by atoms with Crippen molar-refractivity contribution in [3.05, 3.63) is 95.4 Å². The molecular weight excluding hydrogens is 484 g/mol. The van der Waals surface area contributed by atoms with Crippen molar-refractivity contribution in [1.82, 2.24) is 19.9 Å². The SMILES string of the molecule is CCCN1CCC(c2cc(C)cc(NC(=O)c3ccc(C)c(Nc4nccc(-c5cccnc5)n4)c3)c2)CC1. The summed E-state index contributed by atoms with van der Waals surface area (Å²) in [6.07, 6.45) is 8.74. The van der Waals surface area contributed by atoms with Crippen LogP contribution in [0.3, 0.4) is 0 Å². The maximum absolute atomic E-state index is 13.3. The molecule has 0 bridgehead atoms. The third-order valence-corrected chi connectivity index (χ3v) is 7.32. The molecule has 39 heavy (non-hydrogen) atoms. The first-order chi connectivity index (χ1) is 19.0. The van der Waals surface area contributed by atoms with E-state index in [1.807, 2.05) is 49.4 Å². The number of anilines is 3. The minimum atomic E-state index is -0.141. The number of likely N-dealkylation sites (tertiary alicyclic amines) is 1. The van der Waals surface area contributed by atoms with Gasteiger partial charge < -0.3 is 15.5 Å². The fraction of sp³-hybridized carbons (Fsp3) is 0.312. The van der Waals surface area contributed by atoms with Crippen molar-refractivity contribution in [1.29, 1.82) is 0 Å². The molecule has 0 saturated carbocycles. The minimum Gasteiger partial charge on any atom is -0.324 e. The largest absolute Gasteiger partial charge is 0.324 e. The molecule has 200 valence electrons. The first-order valence-corrected chi connectivity index (χ1v) is 13.7. The van der Waals surface area contributed by atoms with Crippen molar-refractivity contribution in [2.45, 2.75) is 46.0 Å². The lowest BCUT2D eigenvalue weighted by Gasteiger charge is -2.32. The molecule has 0 radical (unpaired) electrons. The lowest BCUT2D eigenvalue weighted by Crippen LogP contribution is -2.33. The average Bonchev–Trinajstić information content (AvgIpc) is 2.95. The summed E-state index contributed by atoms with van der Waals surface area (Å²) in [4.78, 5) is 29.0. The van der Waals surface area contributed by atoms with E-state index in [1.54, 1.807) is 18.6 Å². The Kier molecular flexibility index (Phi) is 8.27. The molecule has 2 aromatic heterocycles. The van der Waals surface area contributed by atoms with Crippen molar-refractivity contribution >= 4 is 23.2 Å². The number of rotatable bonds is 8. The van der Waals surface area contributed by atoms with Crippen LogP contribution in [-0.4, -0.2) is 45.4 Å². The van der Waals surface area contributed by atoms with Crippen LogP contribution in [0, 0.1) is 13.8 Å². The molecule has 1 saturated heterocycles. The summed E-state index contributed by atoms with van der Waals surface area (Å²) in [5, 5.41) is 6.42. The highest BCUT2D eigenvalue weighted by molar-refractivity contribution is 6.05. The molecule has 0 spiro atoms. The smallest absolute Gasteiger partial charge is 0.255 e. The van der Waals surface area contributed by atoms with Gasteiger partial charge in [-0.05, 0) is 118 Å². The molecule has 1 amide bonds. The van der Waals surface area contributed by atoms with Gasteiger partial charge >= 0.3 is 0 Å². The lowest BCUT2D eigenvalue weighted by atomic mass is 9.88. The van der Waals surface area contributed by atoms with Crippen LogP contribution in [0.4, 0.5) is 17.3 Å². The van der Waals surface area contributed by atoms with Crippen molar-refractivity contribution in [2.75, 3.05) is 30.3 Å². The molecule has 7 heteroatoms. The van der Waals surface area contributed by atoms with Crippen LogP contribution >= 0.6 is 0 Å². The summed E-state index contributed by atoms with van der Waals surface area (Å²) >= 11 is 0. The Morgan fingerprint density at radius 3 is 2.64 bits per heavy atom. The number of nitrogens with zero attached hydrogens (tertiary/aromatic N) is 4. The zero-order valence-electron chi connectivity index (χ0n) is 22.9. The Balaban J connectivity index is 1.30. The first kappa shape index (κ1) is 26.5. The van der Waals surface area contributed by atoms with Crippen LogP contribution < -0.4 is 10.6 Å². The van der Waals surface area contributed by atoms with Gasteiger partial charge in [-0.15, -0.1) is 0 Å². The van der Waals surface area contributed by atoms with Gasteiger partial charge in [-0.3, -0.25) is 9.78 Å². The summed E-state index contributed by atoms with van der Waals surface area (Å²) in [6, 6.07) is 17.8. The van der Waals surface area contributed by atoms with E-state index >= 15 is 0 Å². The second kappa shape index (κ2) is 12.2. The highest BCUT2D eigenvalue weighted by Crippen LogP contribution is 2.31. The third-order valence-electron chi connectivity index (χ3n) is 7.32. The predicted octanol–water partition coefficient (Wildman–Crippen LogP) is 6.74. The topological polar surface area (TPSA) is 83.0 Å². The van der Waals surface area contributed by atoms with Crippen molar-refractivity contribution in [3.63, 3.8) is 0 Å². The number of piperidine rings is 1. The fourth-order valence-corrected chi connectivity index (χ4v) is 5.24. The van der Waals surface area contributed by atoms with E-state index < -0.39 is 0 Å². The molecule has 0 aliphatic carbocycles. The maximum Gasteiger partial charge on any atom is 0.255 e. The quantitative estimate of drug-likeness (QED) is 0.268. The highest BCUT2D eigenvalue weighted by atomic mass is 16.1. The molecule has 3 heterocycles. The Bertz CT molecular complexity index is 1430. The van der Waals surface area contributed by atoms with Gasteiger partial charge in [-0.1, -0.05) is 19.1 Å². The molecule has 2 aromatic carbocycles. The number of carbonyl (C=O) groups is 1. The second-order valence-electron chi connectivity index (χ2n) is 10.4. The number of nitrogens with one attached hydrogen (secondary N) is 2. The van der Waals surface area contributed by atoms with Crippen LogP contribution in [0.15, 0.2) is 73.2 Å². The number of hydrogen-bond acceptors (Lipinski definition) is 6. The van der Waals surface area contributed by atoms with Gasteiger partial charge in [0.2, 0.25) is 5.95 Å². The molecule has 7 nitrogen and oxygen atoms in total. The maximum atomic E-state index is 13.3. The average molecular weight is 521 g/mol. The van der Waals surface area contributed by atoms with Crippen LogP contribution in [-0.2, 0) is 0 Å². The molecule has 2 N–H and O–H groups in total. The van der Waals surface area contributed by atoms with Crippen LogP contribution in [0.25, 0.3) is 11.3 Å². The summed E-state index contributed by atoms with van der Waals surface area (Å²) in [6.45, 7) is 9.79. The van der Waals surface area contributed by atoms with Crippen LogP contribution in [0.2, 0.25) is 0 Å². The zero-order valence-corrected chi connectivity index (χ0v) is 22.9. The van der Waals surface area contributed by atoms with Gasteiger partial charge in [0.15, 0.2) is 0 Å². The molecule has 1 aliphatic rings. The van der Waals surface area contributed by atoms with E-state index in [0.717, 1.165) is 59.7 Å². The number of amides is 1. The Morgan fingerprint density at radius 2 is 1.87 bits per heavy atom. The van der Waals surface area contributed by atoms with Crippen LogP contribution in [0.5, 0.6) is 0 Å². The van der Waals surface area contributed by atoms with E-state index in [9.17, 15) is 4.79 Å². The van der Waals surface area contributed by atoms with Gasteiger partial charge in [0.1, 0.15) is 0 Å². The summed E-state index contributed by atoms with van der Waals surface area (Å²) in [7, 11) is 0. The highest BCUT2D eigenvalue weighted by Gasteiger charge is 2.21. The first-order valence-electron chi connectivity index (χ1n) is 13.7. The van der Waals surface area contributed by atoms with Crippen molar-refractivity contribution < 1.29 is 4.79 Å². The molecule has 4 aromatic rings. The summed E-state index contributed by atoms with van der Waals surface area (Å²) < 4.78 is 0. The lowest BCUT2D eigenvalue weighted by molar-refractivity contribution is 0.102. The predicted molar refractivity (Wildman–Crippen MR) is 158 cm³/mol. The molecular formula is C32H36N6O. The van der Waals surface area contributed by atoms with E-state index in [-0.39, 0.29) is 5.91 Å². The third kappa shape index (κ3) is 6.67. The number of aryl methyl sites for hydroxylation is 2. The Labute approximate surface area is 230 Å². The Morgan fingerprint density at radius 1 is 1.03 bits per heavy atom. The van der Waals surface area contributed by atoms with E-state index in [0.29, 0.717) is 17.4 Å². The zero-order chi connectivity index (χ0) is 27.2. The van der Waals surface area contributed by atoms with E-state index in [1.165, 1.54) is 18.5 Å². The number of hydrogen-bond donors (Lipinski definition) is 2. The van der Waals surface area contributed by atoms with Crippen molar-refractivity contribution in [3.8, 4) is 11.3 Å². The summed E-state index contributed by atoms with van der Waals surface area (Å²) in [5.74, 6) is 0.856. The second-order valence-corrected chi connectivity index (χ2v) is 10.4. The molecule has 1 fully saturated rings. The van der Waals surface area contributed by atoms with Gasteiger partial charge in [0.05, 0.1) is 5.69 Å². The van der Waals surface area contributed by atoms with E-state index in [4.69, 9.17) is 0 Å². The number of aromatic nitrogens is 3. The minimum absolute atomic E-state index is 0.141. The standard InChI is InChI=1S/C32H36N6O/c1-4-14-38-15-10-24(11-16-38)27-17-22(2)18-28(19-27)35-31(39)25-8-7-23(3)30(20-25)37-32-34-13-9-29(36-32)26-6-5-12-33-21-26/h5-9,12-13,17-21,24H,4,10-11,14-16H2,1-3H3,(H,35,39)(H,34,36,37). The van der Waals surface area contributed by atoms with Crippen molar-refractivity contribution in [2.24, 2.45) is 0 Å². The molecule has 0 atom stereocenters. The molecule has 5 rings (SSSR count). The summed E-state index contributed by atoms with van der Waals surface area (Å²) in [5.41, 5.74) is 7.37. The molecule has 0 unspecified atom stereocenters. The number of carbonyl (C=O) groups excluding carboxylic acids is 1. The van der Waals surface area contributed by atoms with Gasteiger partial charge in [-0.25, -0.2) is 9.97 Å². The van der Waals surface area contributed by atoms with Gasteiger partial charge in [-0.2, -0.15) is 0 Å². The number of pyridine rings is 1. The van der Waals surface area contributed by atoms with Gasteiger partial charge in [0.25, 0.3) is 5.91 Å². The van der Waals surface area contributed by atoms with Crippen LogP contribution in [0.1, 0.15) is 59.2 Å². The number of benzene rings is 2. The molecule has 1 aliphatic heterocycles. The van der Waals surface area contributed by atoms with Gasteiger partial charge in [0, 0.05) is 41.1 Å². The fourth-order valence-electron chi connectivity index (χ4n) is 5.24.